The molecule has 25 heavy (non-hydrogen) atoms. The standard InChI is InChI=1S/C16H30N2O7/c1-8-11(19)14(15(20)24-9-12(22-6)17(2)3)16(21)25-10-13(23-7)18(4)5/h8,11-14,19H,1,9-10H2,2-7H3. The summed E-state index contributed by atoms with van der Waals surface area (Å²) in [7, 11) is 9.93. The van der Waals surface area contributed by atoms with Crippen LogP contribution in [0.25, 0.3) is 0 Å². The van der Waals surface area contributed by atoms with Crippen molar-refractivity contribution in [2.45, 2.75) is 18.6 Å². The van der Waals surface area contributed by atoms with E-state index in [1.807, 2.05) is 0 Å². The average molecular weight is 362 g/mol. The Kier molecular flexibility index (Phi) is 11.2. The van der Waals surface area contributed by atoms with Crippen LogP contribution in [0, 0.1) is 5.92 Å². The quantitative estimate of drug-likeness (QED) is 0.209. The second-order valence-corrected chi connectivity index (χ2v) is 5.77. The molecule has 3 atom stereocenters. The van der Waals surface area contributed by atoms with Crippen molar-refractivity contribution in [2.24, 2.45) is 5.92 Å². The Hall–Kier alpha value is -1.52. The third kappa shape index (κ3) is 7.93. The lowest BCUT2D eigenvalue weighted by Crippen LogP contribution is -2.42. The maximum Gasteiger partial charge on any atom is 0.323 e. The minimum atomic E-state index is -1.53. The minimum Gasteiger partial charge on any atom is -0.461 e. The van der Waals surface area contributed by atoms with Gasteiger partial charge >= 0.3 is 11.9 Å². The molecule has 0 radical (unpaired) electrons. The summed E-state index contributed by atoms with van der Waals surface area (Å²) in [4.78, 5) is 27.9. The van der Waals surface area contributed by atoms with E-state index in [0.717, 1.165) is 6.08 Å². The summed E-state index contributed by atoms with van der Waals surface area (Å²) in [5.41, 5.74) is 0. The highest BCUT2D eigenvalue weighted by Gasteiger charge is 2.36. The van der Waals surface area contributed by atoms with Gasteiger partial charge in [0.25, 0.3) is 0 Å². The van der Waals surface area contributed by atoms with E-state index in [1.165, 1.54) is 14.2 Å². The lowest BCUT2D eigenvalue weighted by Gasteiger charge is -2.25. The van der Waals surface area contributed by atoms with Crippen LogP contribution in [0.4, 0.5) is 0 Å². The Morgan fingerprint density at radius 3 is 1.56 bits per heavy atom. The highest BCUT2D eigenvalue weighted by atomic mass is 16.6. The van der Waals surface area contributed by atoms with E-state index < -0.39 is 36.4 Å². The van der Waals surface area contributed by atoms with E-state index in [4.69, 9.17) is 18.9 Å². The molecule has 0 aliphatic heterocycles. The van der Waals surface area contributed by atoms with Gasteiger partial charge in [0.2, 0.25) is 0 Å². The van der Waals surface area contributed by atoms with Crippen LogP contribution in [-0.2, 0) is 28.5 Å². The number of carbonyl (C=O) groups excluding carboxylic acids is 2. The van der Waals surface area contributed by atoms with Gasteiger partial charge in [0.05, 0.1) is 6.10 Å². The fourth-order valence-corrected chi connectivity index (χ4v) is 1.85. The summed E-state index contributed by atoms with van der Waals surface area (Å²) < 4.78 is 20.4. The number of ether oxygens (including phenoxy) is 4. The molecule has 0 aromatic rings. The largest absolute Gasteiger partial charge is 0.461 e. The third-order valence-corrected chi connectivity index (χ3v) is 3.52. The highest BCUT2D eigenvalue weighted by Crippen LogP contribution is 2.12. The van der Waals surface area contributed by atoms with Gasteiger partial charge in [-0.25, -0.2) is 0 Å². The highest BCUT2D eigenvalue weighted by molar-refractivity contribution is 5.95. The van der Waals surface area contributed by atoms with Gasteiger partial charge in [-0.15, -0.1) is 6.58 Å². The number of aliphatic hydroxyl groups is 1. The number of hydrogen-bond donors (Lipinski definition) is 1. The van der Waals surface area contributed by atoms with Gasteiger partial charge < -0.3 is 24.1 Å². The summed E-state index contributed by atoms with van der Waals surface area (Å²) in [6, 6.07) is 0. The Balaban J connectivity index is 4.90. The van der Waals surface area contributed by atoms with Crippen molar-refractivity contribution in [1.29, 1.82) is 0 Å². The first-order chi connectivity index (χ1) is 11.7. The van der Waals surface area contributed by atoms with E-state index in [9.17, 15) is 14.7 Å². The monoisotopic (exact) mass is 362 g/mol. The van der Waals surface area contributed by atoms with Gasteiger partial charge in [0, 0.05) is 14.2 Å². The molecule has 0 aliphatic carbocycles. The summed E-state index contributed by atoms with van der Waals surface area (Å²) in [6.07, 6.45) is -1.31. The van der Waals surface area contributed by atoms with Crippen molar-refractivity contribution in [2.75, 3.05) is 55.6 Å². The van der Waals surface area contributed by atoms with E-state index in [0.29, 0.717) is 0 Å². The molecule has 3 unspecified atom stereocenters. The van der Waals surface area contributed by atoms with Crippen molar-refractivity contribution in [1.82, 2.24) is 9.80 Å². The molecule has 0 aromatic heterocycles. The van der Waals surface area contributed by atoms with Crippen LogP contribution >= 0.6 is 0 Å². The minimum absolute atomic E-state index is 0.103. The lowest BCUT2D eigenvalue weighted by atomic mass is 10.0. The van der Waals surface area contributed by atoms with Crippen LogP contribution < -0.4 is 0 Å². The molecule has 9 nitrogen and oxygen atoms in total. The molecule has 1 N–H and O–H groups in total. The van der Waals surface area contributed by atoms with Gasteiger partial charge in [-0.05, 0) is 28.2 Å². The molecular weight excluding hydrogens is 332 g/mol. The number of nitrogens with zero attached hydrogens (tertiary/aromatic N) is 2. The summed E-state index contributed by atoms with van der Waals surface area (Å²) in [5, 5.41) is 9.92. The number of rotatable bonds is 12. The maximum atomic E-state index is 12.2. The van der Waals surface area contributed by atoms with Crippen LogP contribution in [0.5, 0.6) is 0 Å². The molecule has 0 saturated carbocycles. The summed E-state index contributed by atoms with van der Waals surface area (Å²) in [5.74, 6) is -3.36. The number of hydrogen-bond acceptors (Lipinski definition) is 9. The van der Waals surface area contributed by atoms with Crippen LogP contribution in [-0.4, -0.2) is 101 Å². The molecule has 0 aromatic carbocycles. The van der Waals surface area contributed by atoms with Crippen molar-refractivity contribution in [3.8, 4) is 0 Å². The average Bonchev–Trinajstić information content (AvgIpc) is 2.55. The maximum absolute atomic E-state index is 12.2. The zero-order chi connectivity index (χ0) is 19.6. The molecular formula is C16H30N2O7. The Bertz CT molecular complexity index is 397. The van der Waals surface area contributed by atoms with Gasteiger partial charge in [-0.3, -0.25) is 19.4 Å². The van der Waals surface area contributed by atoms with Crippen LogP contribution in [0.2, 0.25) is 0 Å². The van der Waals surface area contributed by atoms with E-state index >= 15 is 0 Å². The molecule has 0 bridgehead atoms. The van der Waals surface area contributed by atoms with Gasteiger partial charge in [-0.1, -0.05) is 6.08 Å². The van der Waals surface area contributed by atoms with Gasteiger partial charge in [0.1, 0.15) is 25.7 Å². The number of methoxy groups -OCH3 is 2. The van der Waals surface area contributed by atoms with E-state index in [2.05, 4.69) is 6.58 Å². The lowest BCUT2D eigenvalue weighted by molar-refractivity contribution is -0.173. The van der Waals surface area contributed by atoms with Crippen molar-refractivity contribution in [3.05, 3.63) is 12.7 Å². The molecule has 0 fully saturated rings. The fourth-order valence-electron chi connectivity index (χ4n) is 1.85. The SMILES string of the molecule is C=CC(O)C(C(=O)OCC(OC)N(C)C)C(=O)OCC(OC)N(C)C. The van der Waals surface area contributed by atoms with Gasteiger partial charge in [0.15, 0.2) is 5.92 Å². The number of esters is 2. The molecule has 0 rings (SSSR count). The summed E-state index contributed by atoms with van der Waals surface area (Å²) >= 11 is 0. The molecule has 0 aliphatic rings. The Morgan fingerprint density at radius 1 is 0.960 bits per heavy atom. The molecule has 0 saturated heterocycles. The molecule has 0 spiro atoms. The molecule has 9 heteroatoms. The zero-order valence-electron chi connectivity index (χ0n) is 15.8. The predicted molar refractivity (Wildman–Crippen MR) is 90.6 cm³/mol. The number of likely N-dealkylation sites (N-methyl/N-ethyl adjacent to an activating group) is 2. The normalized spacial score (nSPS) is 16.2. The predicted octanol–water partition coefficient (Wildman–Crippen LogP) is -0.696. The third-order valence-electron chi connectivity index (χ3n) is 3.52. The molecule has 0 heterocycles. The second-order valence-electron chi connectivity index (χ2n) is 5.77. The van der Waals surface area contributed by atoms with Crippen LogP contribution in [0.3, 0.4) is 0 Å². The fraction of sp³-hybridized carbons (Fsp3) is 0.750. The van der Waals surface area contributed by atoms with Crippen LogP contribution in [0.1, 0.15) is 0 Å². The van der Waals surface area contributed by atoms with Crippen LogP contribution in [0.15, 0.2) is 12.7 Å². The Labute approximate surface area is 149 Å². The zero-order valence-corrected chi connectivity index (χ0v) is 15.8. The topological polar surface area (TPSA) is 97.8 Å². The first kappa shape index (κ1) is 23.5. The first-order valence-corrected chi connectivity index (χ1v) is 7.71. The second kappa shape index (κ2) is 11.9. The molecule has 0 amide bonds. The first-order valence-electron chi connectivity index (χ1n) is 7.71. The summed E-state index contributed by atoms with van der Waals surface area (Å²) in [6.45, 7) is 3.19. The van der Waals surface area contributed by atoms with Crippen molar-refractivity contribution < 1.29 is 33.6 Å². The number of aliphatic hydroxyl groups excluding tert-OH is 1. The van der Waals surface area contributed by atoms with E-state index in [-0.39, 0.29) is 13.2 Å². The Morgan fingerprint density at radius 2 is 1.32 bits per heavy atom. The van der Waals surface area contributed by atoms with Crippen molar-refractivity contribution >= 4 is 11.9 Å². The van der Waals surface area contributed by atoms with E-state index in [1.54, 1.807) is 38.0 Å². The van der Waals surface area contributed by atoms with Gasteiger partial charge in [-0.2, -0.15) is 0 Å². The smallest absolute Gasteiger partial charge is 0.323 e. The number of carbonyl (C=O) groups is 2. The molecule has 146 valence electrons. The van der Waals surface area contributed by atoms with Crippen molar-refractivity contribution in [3.63, 3.8) is 0 Å².